The highest BCUT2D eigenvalue weighted by Gasteiger charge is 2.11. The third kappa shape index (κ3) is 8.92. The van der Waals surface area contributed by atoms with E-state index in [4.69, 9.17) is 5.11 Å². The van der Waals surface area contributed by atoms with Crippen molar-refractivity contribution in [3.63, 3.8) is 0 Å². The molecule has 0 rings (SSSR count). The van der Waals surface area contributed by atoms with Crippen molar-refractivity contribution in [1.29, 1.82) is 0 Å². The summed E-state index contributed by atoms with van der Waals surface area (Å²) in [4.78, 5) is 0. The first-order chi connectivity index (χ1) is 6.95. The third-order valence-corrected chi connectivity index (χ3v) is 3.14. The Balaban J connectivity index is 3.59. The number of rotatable bonds is 8. The van der Waals surface area contributed by atoms with Gasteiger partial charge in [-0.3, -0.25) is 0 Å². The molecule has 1 nitrogen and oxygen atoms in total. The summed E-state index contributed by atoms with van der Waals surface area (Å²) in [6.07, 6.45) is 5.13. The minimum Gasteiger partial charge on any atom is -0.396 e. The van der Waals surface area contributed by atoms with Gasteiger partial charge in [0.15, 0.2) is 0 Å². The lowest BCUT2D eigenvalue weighted by atomic mass is 9.87. The summed E-state index contributed by atoms with van der Waals surface area (Å²) in [5.74, 6) is 2.97. The van der Waals surface area contributed by atoms with Crippen molar-refractivity contribution in [3.05, 3.63) is 0 Å². The maximum atomic E-state index is 8.95. The van der Waals surface area contributed by atoms with Crippen molar-refractivity contribution in [2.24, 2.45) is 23.7 Å². The second kappa shape index (κ2) is 8.15. The predicted molar refractivity (Wildman–Crippen MR) is 67.9 cm³/mol. The largest absolute Gasteiger partial charge is 0.396 e. The third-order valence-electron chi connectivity index (χ3n) is 3.14. The van der Waals surface area contributed by atoms with E-state index in [1.165, 1.54) is 25.7 Å². The van der Waals surface area contributed by atoms with Gasteiger partial charge in [0, 0.05) is 6.61 Å². The van der Waals surface area contributed by atoms with Crippen LogP contribution in [0.1, 0.15) is 60.3 Å². The zero-order valence-corrected chi connectivity index (χ0v) is 11.3. The number of aliphatic hydroxyl groups is 1. The van der Waals surface area contributed by atoms with E-state index in [-0.39, 0.29) is 0 Å². The molecule has 0 aromatic rings. The van der Waals surface area contributed by atoms with Gasteiger partial charge in [-0.1, -0.05) is 41.0 Å². The van der Waals surface area contributed by atoms with E-state index >= 15 is 0 Å². The van der Waals surface area contributed by atoms with Crippen LogP contribution in [0, 0.1) is 23.7 Å². The molecule has 0 saturated heterocycles. The first-order valence-electron chi connectivity index (χ1n) is 6.56. The van der Waals surface area contributed by atoms with Gasteiger partial charge in [0.25, 0.3) is 0 Å². The van der Waals surface area contributed by atoms with Gasteiger partial charge >= 0.3 is 0 Å². The molecule has 0 aromatic heterocycles. The van der Waals surface area contributed by atoms with E-state index < -0.39 is 0 Å². The standard InChI is InChI=1S/C14H30O/c1-11(2)8-14(5)9-12(3)6-7-13(4)10-15/h11-15H,6-10H2,1-5H3. The summed E-state index contributed by atoms with van der Waals surface area (Å²) in [7, 11) is 0. The van der Waals surface area contributed by atoms with Crippen LogP contribution in [0.4, 0.5) is 0 Å². The van der Waals surface area contributed by atoms with Crippen molar-refractivity contribution in [2.75, 3.05) is 6.61 Å². The molecule has 1 N–H and O–H groups in total. The number of hydrogen-bond acceptors (Lipinski definition) is 1. The highest BCUT2D eigenvalue weighted by atomic mass is 16.3. The first-order valence-corrected chi connectivity index (χ1v) is 6.56. The van der Waals surface area contributed by atoms with Crippen LogP contribution in [0.5, 0.6) is 0 Å². The Morgan fingerprint density at radius 2 is 1.27 bits per heavy atom. The van der Waals surface area contributed by atoms with Gasteiger partial charge in [-0.25, -0.2) is 0 Å². The topological polar surface area (TPSA) is 20.2 Å². The Hall–Kier alpha value is -0.0400. The van der Waals surface area contributed by atoms with Crippen molar-refractivity contribution >= 4 is 0 Å². The minimum absolute atomic E-state index is 0.342. The second-order valence-electron chi connectivity index (χ2n) is 5.94. The van der Waals surface area contributed by atoms with E-state index in [1.54, 1.807) is 0 Å². The summed E-state index contributed by atoms with van der Waals surface area (Å²) in [6, 6.07) is 0. The van der Waals surface area contributed by atoms with Gasteiger partial charge < -0.3 is 5.11 Å². The summed E-state index contributed by atoms with van der Waals surface area (Å²) in [5, 5.41) is 8.95. The molecule has 0 aromatic carbocycles. The van der Waals surface area contributed by atoms with E-state index in [0.717, 1.165) is 17.8 Å². The molecule has 15 heavy (non-hydrogen) atoms. The van der Waals surface area contributed by atoms with E-state index in [9.17, 15) is 0 Å². The fourth-order valence-corrected chi connectivity index (χ4v) is 2.37. The maximum Gasteiger partial charge on any atom is 0.0456 e. The van der Waals surface area contributed by atoms with Crippen molar-refractivity contribution in [1.82, 2.24) is 0 Å². The highest BCUT2D eigenvalue weighted by molar-refractivity contribution is 4.63. The molecule has 0 aliphatic rings. The second-order valence-corrected chi connectivity index (χ2v) is 5.94. The molecule has 0 amide bonds. The molecule has 3 atom stereocenters. The van der Waals surface area contributed by atoms with Gasteiger partial charge in [-0.05, 0) is 42.9 Å². The highest BCUT2D eigenvalue weighted by Crippen LogP contribution is 2.23. The molecule has 0 aliphatic heterocycles. The van der Waals surface area contributed by atoms with Gasteiger partial charge in [-0.2, -0.15) is 0 Å². The molecular weight excluding hydrogens is 184 g/mol. The Morgan fingerprint density at radius 1 is 0.733 bits per heavy atom. The maximum absolute atomic E-state index is 8.95. The molecule has 92 valence electrons. The lowest BCUT2D eigenvalue weighted by Crippen LogP contribution is -2.08. The summed E-state index contributed by atoms with van der Waals surface area (Å²) in [5.41, 5.74) is 0. The molecule has 0 spiro atoms. The Morgan fingerprint density at radius 3 is 1.73 bits per heavy atom. The van der Waals surface area contributed by atoms with Crippen LogP contribution >= 0.6 is 0 Å². The van der Waals surface area contributed by atoms with Crippen LogP contribution in [0.2, 0.25) is 0 Å². The van der Waals surface area contributed by atoms with Gasteiger partial charge in [0.1, 0.15) is 0 Å². The SMILES string of the molecule is CC(C)CC(C)CC(C)CCC(C)CO. The van der Waals surface area contributed by atoms with Crippen molar-refractivity contribution < 1.29 is 5.11 Å². The fourth-order valence-electron chi connectivity index (χ4n) is 2.37. The van der Waals surface area contributed by atoms with Crippen LogP contribution in [0.3, 0.4) is 0 Å². The van der Waals surface area contributed by atoms with Crippen LogP contribution in [0.25, 0.3) is 0 Å². The predicted octanol–water partition coefficient (Wildman–Crippen LogP) is 4.10. The Labute approximate surface area is 96.3 Å². The van der Waals surface area contributed by atoms with Crippen LogP contribution in [0.15, 0.2) is 0 Å². The van der Waals surface area contributed by atoms with E-state index in [1.807, 2.05) is 0 Å². The minimum atomic E-state index is 0.342. The van der Waals surface area contributed by atoms with E-state index in [0.29, 0.717) is 12.5 Å². The Bertz CT molecular complexity index is 142. The average molecular weight is 214 g/mol. The molecule has 0 bridgehead atoms. The van der Waals surface area contributed by atoms with Crippen LogP contribution in [-0.4, -0.2) is 11.7 Å². The summed E-state index contributed by atoms with van der Waals surface area (Å²) >= 11 is 0. The monoisotopic (exact) mass is 214 g/mol. The van der Waals surface area contributed by atoms with Crippen molar-refractivity contribution in [2.45, 2.75) is 60.3 Å². The van der Waals surface area contributed by atoms with Crippen molar-refractivity contribution in [3.8, 4) is 0 Å². The molecule has 3 unspecified atom stereocenters. The van der Waals surface area contributed by atoms with Gasteiger partial charge in [0.2, 0.25) is 0 Å². The number of hydrogen-bond donors (Lipinski definition) is 1. The average Bonchev–Trinajstić information content (AvgIpc) is 2.12. The summed E-state index contributed by atoms with van der Waals surface area (Å²) in [6.45, 7) is 11.8. The smallest absolute Gasteiger partial charge is 0.0456 e. The molecule has 0 radical (unpaired) electrons. The van der Waals surface area contributed by atoms with Gasteiger partial charge in [-0.15, -0.1) is 0 Å². The van der Waals surface area contributed by atoms with Gasteiger partial charge in [0.05, 0.1) is 0 Å². The molecule has 0 heterocycles. The molecule has 1 heteroatoms. The fraction of sp³-hybridized carbons (Fsp3) is 1.00. The quantitative estimate of drug-likeness (QED) is 0.645. The first kappa shape index (κ1) is 15.0. The zero-order chi connectivity index (χ0) is 11.8. The normalized spacial score (nSPS) is 17.8. The Kier molecular flexibility index (Phi) is 8.13. The molecular formula is C14H30O. The summed E-state index contributed by atoms with van der Waals surface area (Å²) < 4.78 is 0. The number of aliphatic hydroxyl groups excluding tert-OH is 1. The molecule has 0 fully saturated rings. The zero-order valence-electron chi connectivity index (χ0n) is 11.3. The van der Waals surface area contributed by atoms with E-state index in [2.05, 4.69) is 34.6 Å². The van der Waals surface area contributed by atoms with Crippen LogP contribution < -0.4 is 0 Å². The molecule has 0 aliphatic carbocycles. The van der Waals surface area contributed by atoms with Crippen LogP contribution in [-0.2, 0) is 0 Å². The lowest BCUT2D eigenvalue weighted by molar-refractivity contribution is 0.218. The lowest BCUT2D eigenvalue weighted by Gasteiger charge is -2.19. The molecule has 0 saturated carbocycles.